The van der Waals surface area contributed by atoms with Crippen LogP contribution in [0.2, 0.25) is 0 Å². The largest absolute Gasteiger partial charge is 0.372 e. The van der Waals surface area contributed by atoms with E-state index in [1.165, 1.54) is 58.4 Å². The van der Waals surface area contributed by atoms with Gasteiger partial charge in [-0.2, -0.15) is 0 Å². The maximum Gasteiger partial charge on any atom is 0.0727 e. The van der Waals surface area contributed by atoms with Crippen molar-refractivity contribution in [1.82, 2.24) is 0 Å². The molecule has 0 fully saturated rings. The van der Waals surface area contributed by atoms with Crippen LogP contribution in [0.15, 0.2) is 72.8 Å². The topological polar surface area (TPSA) is 9.23 Å². The van der Waals surface area contributed by atoms with Gasteiger partial charge in [0.25, 0.3) is 0 Å². The highest BCUT2D eigenvalue weighted by atomic mass is 16.5. The lowest BCUT2D eigenvalue weighted by atomic mass is 9.85. The molecule has 0 bridgehead atoms. The Hall–Kier alpha value is -2.64. The van der Waals surface area contributed by atoms with Crippen molar-refractivity contribution >= 4 is 21.5 Å². The molecule has 0 amide bonds. The van der Waals surface area contributed by atoms with E-state index in [1.54, 1.807) is 11.1 Å². The molecule has 0 heterocycles. The number of hydrogen-bond acceptors (Lipinski definition) is 1. The van der Waals surface area contributed by atoms with Crippen LogP contribution in [-0.4, -0.2) is 0 Å². The molecule has 0 N–H and O–H groups in total. The fourth-order valence-electron chi connectivity index (χ4n) is 4.48. The van der Waals surface area contributed by atoms with Gasteiger partial charge in [-0.3, -0.25) is 0 Å². The molecule has 4 aromatic rings. The first kappa shape index (κ1) is 16.5. The normalized spacial score (nSPS) is 13.8. The van der Waals surface area contributed by atoms with Gasteiger partial charge in [0.15, 0.2) is 0 Å². The van der Waals surface area contributed by atoms with E-state index in [4.69, 9.17) is 4.74 Å². The highest BCUT2D eigenvalue weighted by molar-refractivity contribution is 6.10. The molecular formula is C26H24O. The summed E-state index contributed by atoms with van der Waals surface area (Å²) in [6, 6.07) is 26.3. The van der Waals surface area contributed by atoms with Crippen molar-refractivity contribution in [1.29, 1.82) is 0 Å². The Morgan fingerprint density at radius 3 is 2.26 bits per heavy atom. The number of fused-ring (bicyclic) bond motifs is 5. The fourth-order valence-corrected chi connectivity index (χ4v) is 4.48. The first-order chi connectivity index (χ1) is 13.4. The Balaban J connectivity index is 1.57. The molecule has 0 aliphatic heterocycles. The highest BCUT2D eigenvalue weighted by Gasteiger charge is 2.15. The average Bonchev–Trinajstić information content (AvgIpc) is 2.74. The van der Waals surface area contributed by atoms with E-state index >= 15 is 0 Å². The number of rotatable bonds is 4. The number of benzene rings is 4. The summed E-state index contributed by atoms with van der Waals surface area (Å²) in [4.78, 5) is 0. The highest BCUT2D eigenvalue weighted by Crippen LogP contribution is 2.35. The predicted octanol–water partition coefficient (Wildman–Crippen LogP) is 6.59. The van der Waals surface area contributed by atoms with Crippen molar-refractivity contribution in [2.45, 2.75) is 38.9 Å². The third-order valence-electron chi connectivity index (χ3n) is 5.83. The Bertz CT molecular complexity index is 1100. The van der Waals surface area contributed by atoms with E-state index < -0.39 is 0 Å². The summed E-state index contributed by atoms with van der Waals surface area (Å²) in [5.41, 5.74) is 5.63. The molecule has 0 spiro atoms. The molecule has 1 aliphatic rings. The van der Waals surface area contributed by atoms with Crippen LogP contribution < -0.4 is 0 Å². The van der Waals surface area contributed by atoms with Gasteiger partial charge in [-0.15, -0.1) is 0 Å². The second-order valence-electron chi connectivity index (χ2n) is 7.57. The molecule has 0 saturated carbocycles. The Kier molecular flexibility index (Phi) is 4.39. The summed E-state index contributed by atoms with van der Waals surface area (Å²) in [7, 11) is 0. The van der Waals surface area contributed by atoms with Gasteiger partial charge in [0, 0.05) is 0 Å². The third kappa shape index (κ3) is 3.13. The zero-order chi connectivity index (χ0) is 18.1. The molecule has 0 atom stereocenters. The lowest BCUT2D eigenvalue weighted by Gasteiger charge is -2.20. The first-order valence-electron chi connectivity index (χ1n) is 9.97. The lowest BCUT2D eigenvalue weighted by molar-refractivity contribution is 0.108. The Morgan fingerprint density at radius 1 is 0.630 bits per heavy atom. The van der Waals surface area contributed by atoms with Gasteiger partial charge in [0.1, 0.15) is 0 Å². The van der Waals surface area contributed by atoms with Gasteiger partial charge in [-0.1, -0.05) is 66.7 Å². The van der Waals surface area contributed by atoms with Gasteiger partial charge < -0.3 is 4.74 Å². The Morgan fingerprint density at radius 2 is 1.37 bits per heavy atom. The summed E-state index contributed by atoms with van der Waals surface area (Å²) in [6.45, 7) is 1.30. The van der Waals surface area contributed by atoms with E-state index in [9.17, 15) is 0 Å². The number of aryl methyl sites for hydroxylation is 2. The van der Waals surface area contributed by atoms with Gasteiger partial charge in [0.2, 0.25) is 0 Å². The molecule has 134 valence electrons. The van der Waals surface area contributed by atoms with Crippen LogP contribution in [0.4, 0.5) is 0 Å². The van der Waals surface area contributed by atoms with E-state index in [0.29, 0.717) is 13.2 Å². The molecule has 1 aliphatic carbocycles. The molecule has 1 heteroatoms. The van der Waals surface area contributed by atoms with Crippen molar-refractivity contribution in [3.63, 3.8) is 0 Å². The number of ether oxygens (including phenoxy) is 1. The molecular weight excluding hydrogens is 328 g/mol. The quantitative estimate of drug-likeness (QED) is 0.377. The summed E-state index contributed by atoms with van der Waals surface area (Å²) < 4.78 is 6.11. The van der Waals surface area contributed by atoms with E-state index in [1.807, 2.05) is 6.07 Å². The van der Waals surface area contributed by atoms with Crippen molar-refractivity contribution in [3.8, 4) is 0 Å². The van der Waals surface area contributed by atoms with Crippen LogP contribution in [-0.2, 0) is 30.8 Å². The smallest absolute Gasteiger partial charge is 0.0727 e. The van der Waals surface area contributed by atoms with E-state index in [2.05, 4.69) is 66.7 Å². The van der Waals surface area contributed by atoms with Gasteiger partial charge in [0.05, 0.1) is 13.2 Å². The average molecular weight is 352 g/mol. The van der Waals surface area contributed by atoms with Crippen LogP contribution in [0.3, 0.4) is 0 Å². The predicted molar refractivity (Wildman–Crippen MR) is 113 cm³/mol. The maximum atomic E-state index is 6.11. The van der Waals surface area contributed by atoms with Crippen molar-refractivity contribution in [3.05, 3.63) is 95.1 Å². The second kappa shape index (κ2) is 7.17. The standard InChI is InChI=1S/C26H24O/c1-2-8-19(9-3-1)17-27-18-21-16-26-22-11-5-4-10-20(22)14-15-25(26)24-13-7-6-12-23(21)24/h1-3,6-9,12-16H,4-5,10-11,17-18H2. The molecule has 5 rings (SSSR count). The van der Waals surface area contributed by atoms with Crippen molar-refractivity contribution < 1.29 is 4.74 Å². The first-order valence-corrected chi connectivity index (χ1v) is 9.97. The van der Waals surface area contributed by atoms with Crippen molar-refractivity contribution in [2.75, 3.05) is 0 Å². The summed E-state index contributed by atoms with van der Waals surface area (Å²) in [5.74, 6) is 0. The molecule has 0 unspecified atom stereocenters. The van der Waals surface area contributed by atoms with Crippen LogP contribution in [0.25, 0.3) is 21.5 Å². The summed E-state index contributed by atoms with van der Waals surface area (Å²) in [5, 5.41) is 5.48. The zero-order valence-electron chi connectivity index (χ0n) is 15.6. The van der Waals surface area contributed by atoms with Crippen LogP contribution >= 0.6 is 0 Å². The van der Waals surface area contributed by atoms with Crippen LogP contribution in [0.1, 0.15) is 35.1 Å². The van der Waals surface area contributed by atoms with Crippen LogP contribution in [0.5, 0.6) is 0 Å². The minimum Gasteiger partial charge on any atom is -0.372 e. The van der Waals surface area contributed by atoms with Gasteiger partial charge >= 0.3 is 0 Å². The summed E-state index contributed by atoms with van der Waals surface area (Å²) in [6.07, 6.45) is 5.05. The van der Waals surface area contributed by atoms with Gasteiger partial charge in [-0.25, -0.2) is 0 Å². The van der Waals surface area contributed by atoms with E-state index in [0.717, 1.165) is 0 Å². The van der Waals surface area contributed by atoms with E-state index in [-0.39, 0.29) is 0 Å². The zero-order valence-corrected chi connectivity index (χ0v) is 15.6. The van der Waals surface area contributed by atoms with Gasteiger partial charge in [-0.05, 0) is 75.5 Å². The maximum absolute atomic E-state index is 6.11. The lowest BCUT2D eigenvalue weighted by Crippen LogP contribution is -2.04. The second-order valence-corrected chi connectivity index (χ2v) is 7.57. The fraction of sp³-hybridized carbons (Fsp3) is 0.231. The molecule has 0 saturated heterocycles. The molecule has 0 aromatic heterocycles. The minimum absolute atomic E-state index is 0.648. The number of hydrogen-bond donors (Lipinski definition) is 0. The third-order valence-corrected chi connectivity index (χ3v) is 5.83. The molecule has 0 radical (unpaired) electrons. The molecule has 4 aromatic carbocycles. The van der Waals surface area contributed by atoms with Crippen LogP contribution in [0, 0.1) is 0 Å². The minimum atomic E-state index is 0.648. The SMILES string of the molecule is c1ccc(COCc2cc3c4c(ccc3c3ccccc23)CCCC4)cc1. The van der Waals surface area contributed by atoms with Crippen molar-refractivity contribution in [2.24, 2.45) is 0 Å². The molecule has 1 nitrogen and oxygen atoms in total. The Labute approximate surface area is 160 Å². The monoisotopic (exact) mass is 352 g/mol. The summed E-state index contributed by atoms with van der Waals surface area (Å²) >= 11 is 0. The molecule has 27 heavy (non-hydrogen) atoms.